The SMILES string of the molecule is CCOC(=O)C(=O)NCC(C)(C)c1ccc(Br)cc1. The lowest BCUT2D eigenvalue weighted by molar-refractivity contribution is -0.154. The fourth-order valence-electron chi connectivity index (χ4n) is 1.57. The van der Waals surface area contributed by atoms with Gasteiger partial charge in [-0.25, -0.2) is 4.79 Å². The molecule has 5 heteroatoms. The molecule has 0 bridgehead atoms. The second-order valence-electron chi connectivity index (χ2n) is 4.79. The van der Waals surface area contributed by atoms with Crippen molar-refractivity contribution in [3.8, 4) is 0 Å². The van der Waals surface area contributed by atoms with Gasteiger partial charge in [-0.1, -0.05) is 41.9 Å². The maximum Gasteiger partial charge on any atom is 0.396 e. The zero-order chi connectivity index (χ0) is 14.5. The topological polar surface area (TPSA) is 55.4 Å². The minimum Gasteiger partial charge on any atom is -0.459 e. The number of benzene rings is 1. The summed E-state index contributed by atoms with van der Waals surface area (Å²) in [6.07, 6.45) is 0. The van der Waals surface area contributed by atoms with Crippen molar-refractivity contribution < 1.29 is 14.3 Å². The van der Waals surface area contributed by atoms with E-state index in [1.54, 1.807) is 6.92 Å². The Balaban J connectivity index is 2.62. The van der Waals surface area contributed by atoms with Gasteiger partial charge in [0.25, 0.3) is 0 Å². The van der Waals surface area contributed by atoms with Crippen LogP contribution in [0.5, 0.6) is 0 Å². The van der Waals surface area contributed by atoms with E-state index in [-0.39, 0.29) is 12.0 Å². The molecule has 0 saturated heterocycles. The Hall–Kier alpha value is -1.36. The lowest BCUT2D eigenvalue weighted by atomic mass is 9.84. The average molecular weight is 328 g/mol. The van der Waals surface area contributed by atoms with Crippen LogP contribution in [0.1, 0.15) is 26.3 Å². The number of rotatable bonds is 4. The number of amides is 1. The summed E-state index contributed by atoms with van der Waals surface area (Å²) >= 11 is 3.38. The molecule has 0 atom stereocenters. The molecule has 0 aliphatic carbocycles. The number of carbonyl (C=O) groups is 2. The molecule has 104 valence electrons. The fraction of sp³-hybridized carbons (Fsp3) is 0.429. The van der Waals surface area contributed by atoms with Gasteiger partial charge in [-0.05, 0) is 24.6 Å². The summed E-state index contributed by atoms with van der Waals surface area (Å²) in [5.41, 5.74) is 0.822. The van der Waals surface area contributed by atoms with Crippen molar-refractivity contribution in [3.63, 3.8) is 0 Å². The molecular formula is C14H18BrNO3. The van der Waals surface area contributed by atoms with E-state index in [4.69, 9.17) is 0 Å². The number of halogens is 1. The van der Waals surface area contributed by atoms with Crippen LogP contribution in [0.3, 0.4) is 0 Å². The lowest BCUT2D eigenvalue weighted by Crippen LogP contribution is -2.40. The van der Waals surface area contributed by atoms with Crippen LogP contribution in [0.15, 0.2) is 28.7 Å². The molecule has 0 radical (unpaired) electrons. The molecule has 0 saturated carbocycles. The summed E-state index contributed by atoms with van der Waals surface area (Å²) in [6.45, 7) is 6.23. The summed E-state index contributed by atoms with van der Waals surface area (Å²) in [5.74, 6) is -1.54. The highest BCUT2D eigenvalue weighted by Crippen LogP contribution is 2.23. The highest BCUT2D eigenvalue weighted by atomic mass is 79.9. The quantitative estimate of drug-likeness (QED) is 0.682. The van der Waals surface area contributed by atoms with Crippen LogP contribution < -0.4 is 5.32 Å². The second kappa shape index (κ2) is 6.70. The zero-order valence-electron chi connectivity index (χ0n) is 11.3. The minimum absolute atomic E-state index is 0.197. The number of hydrogen-bond donors (Lipinski definition) is 1. The van der Waals surface area contributed by atoms with E-state index < -0.39 is 11.9 Å². The molecule has 0 heterocycles. The van der Waals surface area contributed by atoms with Gasteiger partial charge in [0.05, 0.1) is 6.61 Å². The van der Waals surface area contributed by atoms with Crippen LogP contribution in [0.25, 0.3) is 0 Å². The van der Waals surface area contributed by atoms with Crippen molar-refractivity contribution in [2.24, 2.45) is 0 Å². The van der Waals surface area contributed by atoms with Gasteiger partial charge in [-0.3, -0.25) is 4.79 Å². The maximum atomic E-state index is 11.5. The first-order valence-electron chi connectivity index (χ1n) is 6.08. The molecule has 1 amide bonds. The minimum atomic E-state index is -0.839. The third kappa shape index (κ3) is 4.67. The Morgan fingerprint density at radius 1 is 1.26 bits per heavy atom. The molecule has 0 aromatic heterocycles. The highest BCUT2D eigenvalue weighted by molar-refractivity contribution is 9.10. The Morgan fingerprint density at radius 2 is 1.84 bits per heavy atom. The third-order valence-corrected chi connectivity index (χ3v) is 3.31. The van der Waals surface area contributed by atoms with Crippen LogP contribution in [0.2, 0.25) is 0 Å². The van der Waals surface area contributed by atoms with Gasteiger partial charge in [-0.15, -0.1) is 0 Å². The first kappa shape index (κ1) is 15.7. The number of ether oxygens (including phenoxy) is 1. The molecule has 1 aromatic rings. The van der Waals surface area contributed by atoms with Gasteiger partial charge in [0.15, 0.2) is 0 Å². The summed E-state index contributed by atoms with van der Waals surface area (Å²) in [6, 6.07) is 7.87. The summed E-state index contributed by atoms with van der Waals surface area (Å²) < 4.78 is 5.64. The van der Waals surface area contributed by atoms with Gasteiger partial charge < -0.3 is 10.1 Å². The normalized spacial score (nSPS) is 10.9. The van der Waals surface area contributed by atoms with Crippen molar-refractivity contribution >= 4 is 27.8 Å². The van der Waals surface area contributed by atoms with Crippen molar-refractivity contribution in [3.05, 3.63) is 34.3 Å². The maximum absolute atomic E-state index is 11.5. The smallest absolute Gasteiger partial charge is 0.396 e. The monoisotopic (exact) mass is 327 g/mol. The lowest BCUT2D eigenvalue weighted by Gasteiger charge is -2.25. The molecule has 0 aliphatic heterocycles. The van der Waals surface area contributed by atoms with Gasteiger partial charge in [-0.2, -0.15) is 0 Å². The summed E-state index contributed by atoms with van der Waals surface area (Å²) in [7, 11) is 0. The van der Waals surface area contributed by atoms with E-state index in [2.05, 4.69) is 26.0 Å². The molecule has 1 N–H and O–H groups in total. The molecule has 0 spiro atoms. The molecule has 0 aliphatic rings. The van der Waals surface area contributed by atoms with E-state index >= 15 is 0 Å². The molecule has 0 fully saturated rings. The Kier molecular flexibility index (Phi) is 5.54. The standard InChI is InChI=1S/C14H18BrNO3/c1-4-19-13(18)12(17)16-9-14(2,3)10-5-7-11(15)8-6-10/h5-8H,4,9H2,1-3H3,(H,16,17). The molecule has 19 heavy (non-hydrogen) atoms. The number of esters is 1. The Morgan fingerprint density at radius 3 is 2.37 bits per heavy atom. The predicted octanol–water partition coefficient (Wildman–Crippen LogP) is 2.41. The highest BCUT2D eigenvalue weighted by Gasteiger charge is 2.23. The van der Waals surface area contributed by atoms with Crippen molar-refractivity contribution in [2.75, 3.05) is 13.2 Å². The largest absolute Gasteiger partial charge is 0.459 e. The number of nitrogens with one attached hydrogen (secondary N) is 1. The Labute approximate surface area is 121 Å². The van der Waals surface area contributed by atoms with E-state index in [1.807, 2.05) is 38.1 Å². The molecule has 1 rings (SSSR count). The van der Waals surface area contributed by atoms with Crippen molar-refractivity contribution in [2.45, 2.75) is 26.2 Å². The van der Waals surface area contributed by atoms with Crippen LogP contribution in [-0.4, -0.2) is 25.0 Å². The molecule has 1 aromatic carbocycles. The summed E-state index contributed by atoms with van der Waals surface area (Å²) in [4.78, 5) is 22.7. The fourth-order valence-corrected chi connectivity index (χ4v) is 1.84. The van der Waals surface area contributed by atoms with Crippen LogP contribution in [0.4, 0.5) is 0 Å². The van der Waals surface area contributed by atoms with Crippen molar-refractivity contribution in [1.29, 1.82) is 0 Å². The Bertz CT molecular complexity index is 454. The molecule has 4 nitrogen and oxygen atoms in total. The van der Waals surface area contributed by atoms with Crippen LogP contribution in [-0.2, 0) is 19.7 Å². The van der Waals surface area contributed by atoms with Gasteiger partial charge >= 0.3 is 11.9 Å². The second-order valence-corrected chi connectivity index (χ2v) is 5.71. The zero-order valence-corrected chi connectivity index (χ0v) is 12.9. The predicted molar refractivity (Wildman–Crippen MR) is 76.8 cm³/mol. The first-order valence-corrected chi connectivity index (χ1v) is 6.87. The molecular weight excluding hydrogens is 310 g/mol. The van der Waals surface area contributed by atoms with Crippen LogP contribution >= 0.6 is 15.9 Å². The number of carbonyl (C=O) groups excluding carboxylic acids is 2. The van der Waals surface area contributed by atoms with E-state index in [1.165, 1.54) is 0 Å². The summed E-state index contributed by atoms with van der Waals surface area (Å²) in [5, 5.41) is 2.60. The average Bonchev–Trinajstić information content (AvgIpc) is 2.37. The van der Waals surface area contributed by atoms with Crippen LogP contribution in [0, 0.1) is 0 Å². The van der Waals surface area contributed by atoms with E-state index in [0.29, 0.717) is 6.54 Å². The van der Waals surface area contributed by atoms with E-state index in [9.17, 15) is 9.59 Å². The number of hydrogen-bond acceptors (Lipinski definition) is 3. The van der Waals surface area contributed by atoms with Crippen molar-refractivity contribution in [1.82, 2.24) is 5.32 Å². The first-order chi connectivity index (χ1) is 8.86. The van der Waals surface area contributed by atoms with Gasteiger partial charge in [0.2, 0.25) is 0 Å². The van der Waals surface area contributed by atoms with E-state index in [0.717, 1.165) is 10.0 Å². The third-order valence-electron chi connectivity index (χ3n) is 2.78. The molecule has 0 unspecified atom stereocenters. The van der Waals surface area contributed by atoms with Gasteiger partial charge in [0, 0.05) is 16.4 Å². The van der Waals surface area contributed by atoms with Gasteiger partial charge in [0.1, 0.15) is 0 Å².